The maximum absolute atomic E-state index is 6.15. The fraction of sp³-hybridized carbons (Fsp3) is 0.0952. The molecule has 1 heterocycles. The third-order valence-electron chi connectivity index (χ3n) is 4.27. The summed E-state index contributed by atoms with van der Waals surface area (Å²) in [5, 5.41) is 4.31. The van der Waals surface area contributed by atoms with Crippen LogP contribution in [0.1, 0.15) is 28.8 Å². The van der Waals surface area contributed by atoms with E-state index in [2.05, 4.69) is 53.8 Å². The Hall–Kier alpha value is -2.58. The van der Waals surface area contributed by atoms with Crippen molar-refractivity contribution >= 4 is 17.4 Å². The van der Waals surface area contributed by atoms with Crippen LogP contribution in [0, 0.1) is 0 Å². The van der Waals surface area contributed by atoms with Crippen LogP contribution in [0.3, 0.4) is 0 Å². The second kappa shape index (κ2) is 6.50. The Morgan fingerprint density at radius 3 is 2.08 bits per heavy atom. The van der Waals surface area contributed by atoms with Crippen LogP contribution >= 0.6 is 11.6 Å². The Morgan fingerprint density at radius 1 is 0.750 bits per heavy atom. The van der Waals surface area contributed by atoms with Crippen LogP contribution in [0.4, 0.5) is 0 Å². The summed E-state index contributed by atoms with van der Waals surface area (Å²) in [5.41, 5.74) is 3.45. The van der Waals surface area contributed by atoms with Crippen molar-refractivity contribution in [1.29, 1.82) is 0 Å². The van der Waals surface area contributed by atoms with E-state index in [1.807, 2.05) is 36.4 Å². The number of benzene rings is 3. The van der Waals surface area contributed by atoms with E-state index in [0.29, 0.717) is 0 Å². The van der Waals surface area contributed by atoms with Crippen molar-refractivity contribution in [3.8, 4) is 0 Å². The summed E-state index contributed by atoms with van der Waals surface area (Å²) >= 11 is 6.15. The smallest absolute Gasteiger partial charge is 0.129 e. The van der Waals surface area contributed by atoms with E-state index < -0.39 is 0 Å². The van der Waals surface area contributed by atoms with Gasteiger partial charge in [-0.15, -0.1) is 0 Å². The SMILES string of the molecule is Clc1cccc(C2=N[C@@H](c3ccccc3)[C@@H](c3ccccc3)N2)c1. The molecule has 118 valence electrons. The minimum Gasteiger partial charge on any atom is -0.361 e. The second-order valence-corrected chi connectivity index (χ2v) is 6.31. The lowest BCUT2D eigenvalue weighted by Gasteiger charge is -2.19. The molecule has 0 amide bonds. The number of amidine groups is 1. The normalized spacial score (nSPS) is 19.6. The average molecular weight is 333 g/mol. The molecule has 0 bridgehead atoms. The Labute approximate surface area is 146 Å². The van der Waals surface area contributed by atoms with Crippen LogP contribution in [0.15, 0.2) is 89.9 Å². The van der Waals surface area contributed by atoms with E-state index in [1.54, 1.807) is 0 Å². The van der Waals surface area contributed by atoms with E-state index in [-0.39, 0.29) is 12.1 Å². The highest BCUT2D eigenvalue weighted by Gasteiger charge is 2.31. The lowest BCUT2D eigenvalue weighted by atomic mass is 9.95. The first kappa shape index (κ1) is 15.0. The second-order valence-electron chi connectivity index (χ2n) is 5.88. The lowest BCUT2D eigenvalue weighted by Crippen LogP contribution is -2.25. The Bertz CT molecular complexity index is 859. The van der Waals surface area contributed by atoms with Crippen LogP contribution in [-0.2, 0) is 0 Å². The zero-order valence-electron chi connectivity index (χ0n) is 13.1. The largest absolute Gasteiger partial charge is 0.361 e. The number of aliphatic imine (C=N–C) groups is 1. The van der Waals surface area contributed by atoms with Crippen LogP contribution in [0.25, 0.3) is 0 Å². The summed E-state index contributed by atoms with van der Waals surface area (Å²) in [6.07, 6.45) is 0. The molecule has 1 N–H and O–H groups in total. The molecule has 2 nitrogen and oxygen atoms in total. The molecule has 0 spiro atoms. The molecule has 0 unspecified atom stereocenters. The molecular formula is C21H17ClN2. The molecular weight excluding hydrogens is 316 g/mol. The predicted molar refractivity (Wildman–Crippen MR) is 99.5 cm³/mol. The van der Waals surface area contributed by atoms with Gasteiger partial charge in [0.1, 0.15) is 11.9 Å². The van der Waals surface area contributed by atoms with Crippen LogP contribution in [0.5, 0.6) is 0 Å². The fourth-order valence-corrected chi connectivity index (χ4v) is 3.30. The number of hydrogen-bond donors (Lipinski definition) is 1. The first-order valence-electron chi connectivity index (χ1n) is 8.01. The van der Waals surface area contributed by atoms with Gasteiger partial charge < -0.3 is 5.32 Å². The van der Waals surface area contributed by atoms with Gasteiger partial charge in [-0.2, -0.15) is 0 Å². The maximum atomic E-state index is 6.15. The van der Waals surface area contributed by atoms with Crippen molar-refractivity contribution in [3.05, 3.63) is 107 Å². The molecule has 24 heavy (non-hydrogen) atoms. The first-order valence-corrected chi connectivity index (χ1v) is 8.39. The van der Waals surface area contributed by atoms with Gasteiger partial charge in [-0.1, -0.05) is 84.4 Å². The van der Waals surface area contributed by atoms with E-state index in [1.165, 1.54) is 11.1 Å². The third-order valence-corrected chi connectivity index (χ3v) is 4.51. The molecule has 0 saturated carbocycles. The van der Waals surface area contributed by atoms with Gasteiger partial charge in [-0.3, -0.25) is 4.99 Å². The average Bonchev–Trinajstić information content (AvgIpc) is 3.09. The van der Waals surface area contributed by atoms with Gasteiger partial charge in [-0.25, -0.2) is 0 Å². The molecule has 0 saturated heterocycles. The summed E-state index contributed by atoms with van der Waals surface area (Å²) in [7, 11) is 0. The molecule has 0 radical (unpaired) electrons. The van der Waals surface area contributed by atoms with Crippen molar-refractivity contribution in [2.24, 2.45) is 4.99 Å². The number of rotatable bonds is 3. The molecule has 0 aliphatic carbocycles. The molecule has 0 fully saturated rings. The monoisotopic (exact) mass is 332 g/mol. The van der Waals surface area contributed by atoms with Crippen molar-refractivity contribution in [2.75, 3.05) is 0 Å². The van der Waals surface area contributed by atoms with Crippen LogP contribution < -0.4 is 5.32 Å². The Morgan fingerprint density at radius 2 is 1.42 bits per heavy atom. The maximum Gasteiger partial charge on any atom is 0.129 e. The van der Waals surface area contributed by atoms with Crippen LogP contribution in [0.2, 0.25) is 5.02 Å². The standard InChI is InChI=1S/C21H17ClN2/c22-18-13-7-12-17(14-18)21-23-19(15-8-3-1-4-9-15)20(24-21)16-10-5-2-6-11-16/h1-14,19-20H,(H,23,24)/t19-,20+. The molecule has 3 aromatic carbocycles. The van der Waals surface area contributed by atoms with E-state index in [0.717, 1.165) is 16.4 Å². The minimum absolute atomic E-state index is 0.0441. The highest BCUT2D eigenvalue weighted by Crippen LogP contribution is 2.37. The minimum atomic E-state index is 0.0441. The first-order chi connectivity index (χ1) is 11.8. The van der Waals surface area contributed by atoms with Crippen molar-refractivity contribution in [1.82, 2.24) is 5.32 Å². The van der Waals surface area contributed by atoms with Crippen molar-refractivity contribution in [2.45, 2.75) is 12.1 Å². The van der Waals surface area contributed by atoms with Gasteiger partial charge in [0, 0.05) is 10.6 Å². The molecule has 3 heteroatoms. The summed E-state index contributed by atoms with van der Waals surface area (Å²) in [6, 6.07) is 28.8. The lowest BCUT2D eigenvalue weighted by molar-refractivity contribution is 0.572. The highest BCUT2D eigenvalue weighted by molar-refractivity contribution is 6.31. The van der Waals surface area contributed by atoms with Crippen molar-refractivity contribution < 1.29 is 0 Å². The number of hydrogen-bond acceptors (Lipinski definition) is 2. The van der Waals surface area contributed by atoms with Gasteiger partial charge in [-0.05, 0) is 23.3 Å². The third kappa shape index (κ3) is 2.93. The zero-order chi connectivity index (χ0) is 16.4. The predicted octanol–water partition coefficient (Wildman–Crippen LogP) is 5.17. The quantitative estimate of drug-likeness (QED) is 0.702. The van der Waals surface area contributed by atoms with Gasteiger partial charge in [0.25, 0.3) is 0 Å². The molecule has 1 aliphatic heterocycles. The topological polar surface area (TPSA) is 24.4 Å². The van der Waals surface area contributed by atoms with Crippen molar-refractivity contribution in [3.63, 3.8) is 0 Å². The van der Waals surface area contributed by atoms with E-state index in [4.69, 9.17) is 16.6 Å². The van der Waals surface area contributed by atoms with Gasteiger partial charge >= 0.3 is 0 Å². The Balaban J connectivity index is 1.76. The molecule has 2 atom stereocenters. The summed E-state index contributed by atoms with van der Waals surface area (Å²) in [4.78, 5) is 4.97. The van der Waals surface area contributed by atoms with E-state index >= 15 is 0 Å². The zero-order valence-corrected chi connectivity index (χ0v) is 13.8. The number of halogens is 1. The van der Waals surface area contributed by atoms with Gasteiger partial charge in [0.2, 0.25) is 0 Å². The summed E-state index contributed by atoms with van der Waals surface area (Å²) in [6.45, 7) is 0. The number of nitrogens with zero attached hydrogens (tertiary/aromatic N) is 1. The Kier molecular flexibility index (Phi) is 4.06. The fourth-order valence-electron chi connectivity index (χ4n) is 3.11. The molecule has 1 aliphatic rings. The highest BCUT2D eigenvalue weighted by atomic mass is 35.5. The van der Waals surface area contributed by atoms with Gasteiger partial charge in [0.15, 0.2) is 0 Å². The van der Waals surface area contributed by atoms with Gasteiger partial charge in [0.05, 0.1) is 6.04 Å². The summed E-state index contributed by atoms with van der Waals surface area (Å²) in [5.74, 6) is 0.889. The molecule has 4 rings (SSSR count). The summed E-state index contributed by atoms with van der Waals surface area (Å²) < 4.78 is 0. The van der Waals surface area contributed by atoms with E-state index in [9.17, 15) is 0 Å². The number of nitrogens with one attached hydrogen (secondary N) is 1. The molecule has 0 aromatic heterocycles. The van der Waals surface area contributed by atoms with Crippen LogP contribution in [-0.4, -0.2) is 5.84 Å². The molecule has 3 aromatic rings.